The van der Waals surface area contributed by atoms with E-state index in [9.17, 15) is 4.79 Å². The van der Waals surface area contributed by atoms with E-state index >= 15 is 0 Å². The van der Waals surface area contributed by atoms with Crippen LogP contribution in [-0.2, 0) is 4.79 Å². The van der Waals surface area contributed by atoms with Crippen molar-refractivity contribution in [1.29, 1.82) is 0 Å². The van der Waals surface area contributed by atoms with E-state index in [4.69, 9.17) is 0 Å². The smallest absolute Gasteiger partial charge is 0.233 e. The summed E-state index contributed by atoms with van der Waals surface area (Å²) in [6, 6.07) is 0. The molecule has 0 fully saturated rings. The molecule has 1 amide bonds. The van der Waals surface area contributed by atoms with Gasteiger partial charge in [0.15, 0.2) is 0 Å². The van der Waals surface area contributed by atoms with E-state index < -0.39 is 0 Å². The summed E-state index contributed by atoms with van der Waals surface area (Å²) in [7, 11) is 3.84. The highest BCUT2D eigenvalue weighted by Gasteiger charge is 1.89. The Kier molecular flexibility index (Phi) is 3.95. The minimum Gasteiger partial charge on any atom is -0.358 e. The molecule has 0 aliphatic carbocycles. The number of carbonyl (C=O) groups excluding carboxylic acids is 1. The molecule has 0 bridgehead atoms. The van der Waals surface area contributed by atoms with Gasteiger partial charge in [-0.2, -0.15) is 0 Å². The van der Waals surface area contributed by atoms with Gasteiger partial charge >= 0.3 is 0 Å². The first-order valence-electron chi connectivity index (χ1n) is 1.95. The lowest BCUT2D eigenvalue weighted by atomic mass is 10.6. The van der Waals surface area contributed by atoms with Gasteiger partial charge in [0.05, 0.1) is 6.54 Å². The molecule has 7 heavy (non-hydrogen) atoms. The third-order valence-electron chi connectivity index (χ3n) is 0.541. The SMILES string of the molecule is CNC(=O)CNP. The Balaban J connectivity index is 3.00. The van der Waals surface area contributed by atoms with Gasteiger partial charge in [0, 0.05) is 7.05 Å². The van der Waals surface area contributed by atoms with Gasteiger partial charge in [-0.15, -0.1) is 0 Å². The third-order valence-corrected chi connectivity index (χ3v) is 0.746. The van der Waals surface area contributed by atoms with E-state index in [1.165, 1.54) is 0 Å². The van der Waals surface area contributed by atoms with Gasteiger partial charge < -0.3 is 5.32 Å². The Morgan fingerprint density at radius 2 is 2.43 bits per heavy atom. The van der Waals surface area contributed by atoms with Crippen LogP contribution in [0.1, 0.15) is 0 Å². The normalized spacial score (nSPS) is 8.29. The van der Waals surface area contributed by atoms with Gasteiger partial charge in [0.1, 0.15) is 0 Å². The van der Waals surface area contributed by atoms with Gasteiger partial charge in [0.2, 0.25) is 5.91 Å². The lowest BCUT2D eigenvalue weighted by Crippen LogP contribution is -2.26. The summed E-state index contributed by atoms with van der Waals surface area (Å²) < 4.78 is 0. The largest absolute Gasteiger partial charge is 0.358 e. The minimum absolute atomic E-state index is 0.00463. The molecule has 0 radical (unpaired) electrons. The summed E-state index contributed by atoms with van der Waals surface area (Å²) in [4.78, 5) is 10.2. The lowest BCUT2D eigenvalue weighted by Gasteiger charge is -1.93. The fourth-order valence-electron chi connectivity index (χ4n) is 0.181. The second-order valence-corrected chi connectivity index (χ2v) is 1.46. The van der Waals surface area contributed by atoms with E-state index in [0.717, 1.165) is 0 Å². The average Bonchev–Trinajstić information content (AvgIpc) is 1.68. The van der Waals surface area contributed by atoms with Crippen LogP contribution in [0.2, 0.25) is 0 Å². The molecule has 0 aromatic carbocycles. The van der Waals surface area contributed by atoms with Crippen LogP contribution in [-0.4, -0.2) is 19.5 Å². The van der Waals surface area contributed by atoms with Crippen molar-refractivity contribution in [3.63, 3.8) is 0 Å². The molecule has 0 saturated carbocycles. The zero-order valence-corrected chi connectivity index (χ0v) is 5.35. The predicted molar refractivity (Wildman–Crippen MR) is 31.8 cm³/mol. The van der Waals surface area contributed by atoms with Crippen molar-refractivity contribution in [2.75, 3.05) is 13.6 Å². The van der Waals surface area contributed by atoms with Gasteiger partial charge in [-0.25, -0.2) is 0 Å². The molecule has 1 atom stereocenters. The van der Waals surface area contributed by atoms with Crippen LogP contribution in [0.25, 0.3) is 0 Å². The summed E-state index contributed by atoms with van der Waals surface area (Å²) in [6.45, 7) is 0.362. The molecule has 1 unspecified atom stereocenters. The first-order chi connectivity index (χ1) is 3.31. The van der Waals surface area contributed by atoms with Crippen molar-refractivity contribution in [3.8, 4) is 0 Å². The monoisotopic (exact) mass is 120 g/mol. The summed E-state index contributed by atoms with van der Waals surface area (Å²) in [6.07, 6.45) is 0. The number of hydrogen-bond acceptors (Lipinski definition) is 2. The van der Waals surface area contributed by atoms with Gasteiger partial charge in [-0.1, -0.05) is 9.39 Å². The first-order valence-corrected chi connectivity index (χ1v) is 2.53. The number of carbonyl (C=O) groups is 1. The fraction of sp³-hybridized carbons (Fsp3) is 0.667. The molecule has 3 nitrogen and oxygen atoms in total. The van der Waals surface area contributed by atoms with Crippen molar-refractivity contribution in [1.82, 2.24) is 10.4 Å². The van der Waals surface area contributed by atoms with Gasteiger partial charge in [-0.3, -0.25) is 9.88 Å². The summed E-state index contributed by atoms with van der Waals surface area (Å²) in [5.74, 6) is -0.00463. The zero-order chi connectivity index (χ0) is 5.70. The van der Waals surface area contributed by atoms with Crippen molar-refractivity contribution in [2.24, 2.45) is 0 Å². The molecule has 0 aliphatic rings. The maximum absolute atomic E-state index is 10.2. The van der Waals surface area contributed by atoms with E-state index in [-0.39, 0.29) is 5.91 Å². The highest BCUT2D eigenvalue weighted by molar-refractivity contribution is 7.13. The first kappa shape index (κ1) is 6.86. The number of nitrogens with one attached hydrogen (secondary N) is 2. The van der Waals surface area contributed by atoms with Crippen LogP contribution < -0.4 is 10.4 Å². The number of rotatable bonds is 2. The molecule has 2 N–H and O–H groups in total. The molecule has 0 aromatic heterocycles. The van der Waals surface area contributed by atoms with Gasteiger partial charge in [-0.05, 0) is 0 Å². The van der Waals surface area contributed by atoms with Crippen LogP contribution in [0.4, 0.5) is 0 Å². The zero-order valence-electron chi connectivity index (χ0n) is 4.19. The average molecular weight is 120 g/mol. The lowest BCUT2D eigenvalue weighted by molar-refractivity contribution is -0.119. The van der Waals surface area contributed by atoms with Crippen molar-refractivity contribution >= 4 is 15.3 Å². The van der Waals surface area contributed by atoms with E-state index in [2.05, 4.69) is 19.8 Å². The van der Waals surface area contributed by atoms with E-state index in [0.29, 0.717) is 6.54 Å². The number of hydrogen-bond donors (Lipinski definition) is 2. The number of likely N-dealkylation sites (N-methyl/N-ethyl adjacent to an activating group) is 1. The molecule has 0 heterocycles. The Hall–Kier alpha value is -0.140. The Bertz CT molecular complexity index is 66.0. The van der Waals surface area contributed by atoms with Crippen LogP contribution in [0.5, 0.6) is 0 Å². The molecule has 0 spiro atoms. The maximum atomic E-state index is 10.2. The summed E-state index contributed by atoms with van der Waals surface area (Å²) >= 11 is 0. The molecular formula is C3H9N2OP. The second kappa shape index (κ2) is 4.03. The molecule has 4 heteroatoms. The standard InChI is InChI=1S/C3H9N2OP/c1-4-3(6)2-5-7/h5H,2,7H2,1H3,(H,4,6). The van der Waals surface area contributed by atoms with Crippen molar-refractivity contribution in [2.45, 2.75) is 0 Å². The Morgan fingerprint density at radius 3 is 2.57 bits per heavy atom. The topological polar surface area (TPSA) is 41.1 Å². The highest BCUT2D eigenvalue weighted by atomic mass is 31.0. The van der Waals surface area contributed by atoms with Crippen LogP contribution in [0.3, 0.4) is 0 Å². The van der Waals surface area contributed by atoms with Crippen LogP contribution in [0.15, 0.2) is 0 Å². The Morgan fingerprint density at radius 1 is 1.86 bits per heavy atom. The van der Waals surface area contributed by atoms with Crippen molar-refractivity contribution in [3.05, 3.63) is 0 Å². The van der Waals surface area contributed by atoms with E-state index in [1.807, 2.05) is 0 Å². The molecular weight excluding hydrogens is 111 g/mol. The third kappa shape index (κ3) is 3.70. The molecule has 0 rings (SSSR count). The fourth-order valence-corrected chi connectivity index (χ4v) is 0.366. The summed E-state index contributed by atoms with van der Waals surface area (Å²) in [5.41, 5.74) is 0. The molecule has 42 valence electrons. The van der Waals surface area contributed by atoms with E-state index in [1.54, 1.807) is 7.05 Å². The van der Waals surface area contributed by atoms with Crippen molar-refractivity contribution < 1.29 is 4.79 Å². The molecule has 0 aliphatic heterocycles. The minimum atomic E-state index is -0.00463. The van der Waals surface area contributed by atoms with Gasteiger partial charge in [0.25, 0.3) is 0 Å². The second-order valence-electron chi connectivity index (χ2n) is 1.05. The quantitative estimate of drug-likeness (QED) is 0.464. The Labute approximate surface area is 45.1 Å². The van der Waals surface area contributed by atoms with Crippen LogP contribution in [0, 0.1) is 0 Å². The predicted octanol–water partition coefficient (Wildman–Crippen LogP) is -0.888. The summed E-state index contributed by atoms with van der Waals surface area (Å²) in [5, 5.41) is 5.07. The highest BCUT2D eigenvalue weighted by Crippen LogP contribution is 1.65. The van der Waals surface area contributed by atoms with Crippen LogP contribution >= 0.6 is 9.39 Å². The molecule has 0 aromatic rings. The maximum Gasteiger partial charge on any atom is 0.233 e. The number of amides is 1. The molecule has 0 saturated heterocycles.